The number of hydrogen-bond donors (Lipinski definition) is 0. The van der Waals surface area contributed by atoms with Crippen molar-refractivity contribution in [2.45, 2.75) is 46.1 Å². The van der Waals surface area contributed by atoms with Crippen LogP contribution < -0.4 is 0 Å². The second-order valence-electron chi connectivity index (χ2n) is 4.62. The lowest BCUT2D eigenvalue weighted by atomic mass is 9.82. The zero-order valence-corrected chi connectivity index (χ0v) is 9.38. The summed E-state index contributed by atoms with van der Waals surface area (Å²) in [5.74, 6) is 0.930. The first-order valence-electron chi connectivity index (χ1n) is 5.37. The third-order valence-corrected chi connectivity index (χ3v) is 2.99. The number of rotatable bonds is 2. The van der Waals surface area contributed by atoms with Gasteiger partial charge in [-0.1, -0.05) is 26.8 Å². The predicted molar refractivity (Wildman–Crippen MR) is 56.9 cm³/mol. The van der Waals surface area contributed by atoms with E-state index in [2.05, 4.69) is 20.4 Å². The van der Waals surface area contributed by atoms with Crippen molar-refractivity contribution < 1.29 is 9.53 Å². The lowest BCUT2D eigenvalue weighted by Crippen LogP contribution is -2.31. The van der Waals surface area contributed by atoms with Gasteiger partial charge in [0.15, 0.2) is 0 Å². The van der Waals surface area contributed by atoms with Crippen LogP contribution in [0.4, 0.5) is 0 Å². The summed E-state index contributed by atoms with van der Waals surface area (Å²) in [6.45, 7) is 9.65. The Kier molecular flexibility index (Phi) is 3.73. The number of hydrogen-bond acceptors (Lipinski definition) is 2. The van der Waals surface area contributed by atoms with Gasteiger partial charge in [0.2, 0.25) is 0 Å². The van der Waals surface area contributed by atoms with Crippen molar-refractivity contribution in [3.63, 3.8) is 0 Å². The van der Waals surface area contributed by atoms with Crippen LogP contribution in [0.25, 0.3) is 0 Å². The molecule has 0 radical (unpaired) electrons. The third-order valence-electron chi connectivity index (χ3n) is 2.99. The van der Waals surface area contributed by atoms with Crippen LogP contribution in [-0.4, -0.2) is 12.1 Å². The number of ether oxygens (including phenoxy) is 1. The summed E-state index contributed by atoms with van der Waals surface area (Å²) < 4.78 is 5.40. The van der Waals surface area contributed by atoms with Crippen molar-refractivity contribution in [1.29, 1.82) is 0 Å². The molecular weight excluding hydrogens is 176 g/mol. The fourth-order valence-electron chi connectivity index (χ4n) is 1.88. The Morgan fingerprint density at radius 1 is 1.36 bits per heavy atom. The van der Waals surface area contributed by atoms with Gasteiger partial charge in [-0.3, -0.25) is 0 Å². The van der Waals surface area contributed by atoms with Crippen molar-refractivity contribution in [2.75, 3.05) is 0 Å². The molecule has 0 spiro atoms. The average Bonchev–Trinajstić information content (AvgIpc) is 2.11. The normalized spacial score (nSPS) is 32.4. The van der Waals surface area contributed by atoms with E-state index in [1.54, 1.807) is 6.92 Å². The maximum Gasteiger partial charge on any atom is 0.333 e. The van der Waals surface area contributed by atoms with Crippen LogP contribution in [0, 0.1) is 11.8 Å². The molecule has 1 saturated carbocycles. The Balaban J connectivity index is 2.49. The van der Waals surface area contributed by atoms with Crippen molar-refractivity contribution in [3.05, 3.63) is 12.2 Å². The molecule has 3 unspecified atom stereocenters. The minimum atomic E-state index is -0.240. The molecule has 0 aromatic heterocycles. The summed E-state index contributed by atoms with van der Waals surface area (Å²) in [5, 5.41) is 0. The van der Waals surface area contributed by atoms with Crippen LogP contribution in [0.1, 0.15) is 40.0 Å². The summed E-state index contributed by atoms with van der Waals surface area (Å²) in [5.41, 5.74) is 0.496. The molecule has 1 rings (SSSR count). The SMILES string of the molecule is C=C(C)C(=O)OC1CC(C)CCC1C. The maximum absolute atomic E-state index is 11.3. The van der Waals surface area contributed by atoms with Gasteiger partial charge in [0, 0.05) is 5.57 Å². The Labute approximate surface area is 86.3 Å². The van der Waals surface area contributed by atoms with Gasteiger partial charge in [-0.15, -0.1) is 0 Å². The number of carbonyl (C=O) groups excluding carboxylic acids is 1. The van der Waals surface area contributed by atoms with E-state index in [0.717, 1.165) is 12.8 Å². The highest BCUT2D eigenvalue weighted by Crippen LogP contribution is 2.30. The van der Waals surface area contributed by atoms with Gasteiger partial charge in [0.1, 0.15) is 6.10 Å². The molecule has 0 heterocycles. The van der Waals surface area contributed by atoms with Gasteiger partial charge in [-0.05, 0) is 31.6 Å². The standard InChI is InChI=1S/C12H20O2/c1-8(2)12(13)14-11-7-9(3)5-6-10(11)4/h9-11H,1,5-7H2,2-4H3. The van der Waals surface area contributed by atoms with Crippen LogP contribution in [0.5, 0.6) is 0 Å². The topological polar surface area (TPSA) is 26.3 Å². The van der Waals surface area contributed by atoms with Crippen LogP contribution in [0.2, 0.25) is 0 Å². The van der Waals surface area contributed by atoms with Gasteiger partial charge < -0.3 is 4.74 Å². The van der Waals surface area contributed by atoms with E-state index < -0.39 is 0 Å². The molecule has 80 valence electrons. The number of esters is 1. The van der Waals surface area contributed by atoms with Crippen LogP contribution in [0.3, 0.4) is 0 Å². The fraction of sp³-hybridized carbons (Fsp3) is 0.750. The molecule has 0 aliphatic heterocycles. The largest absolute Gasteiger partial charge is 0.459 e. The van der Waals surface area contributed by atoms with E-state index in [1.165, 1.54) is 6.42 Å². The Morgan fingerprint density at radius 2 is 2.00 bits per heavy atom. The van der Waals surface area contributed by atoms with E-state index in [9.17, 15) is 4.79 Å². The molecule has 1 aliphatic rings. The van der Waals surface area contributed by atoms with Crippen molar-refractivity contribution in [3.8, 4) is 0 Å². The van der Waals surface area contributed by atoms with E-state index >= 15 is 0 Å². The molecule has 1 fully saturated rings. The number of carbonyl (C=O) groups is 1. The molecule has 2 heteroatoms. The highest BCUT2D eigenvalue weighted by atomic mass is 16.5. The Hall–Kier alpha value is -0.790. The van der Waals surface area contributed by atoms with Crippen LogP contribution in [0.15, 0.2) is 12.2 Å². The van der Waals surface area contributed by atoms with Gasteiger partial charge in [0.05, 0.1) is 0 Å². The maximum atomic E-state index is 11.3. The van der Waals surface area contributed by atoms with Gasteiger partial charge in [-0.2, -0.15) is 0 Å². The van der Waals surface area contributed by atoms with E-state index in [1.807, 2.05) is 0 Å². The second kappa shape index (κ2) is 4.63. The first kappa shape index (κ1) is 11.3. The molecule has 1 aliphatic carbocycles. The molecule has 14 heavy (non-hydrogen) atoms. The summed E-state index contributed by atoms with van der Waals surface area (Å²) in [6, 6.07) is 0. The van der Waals surface area contributed by atoms with E-state index in [-0.39, 0.29) is 12.1 Å². The Morgan fingerprint density at radius 3 is 2.57 bits per heavy atom. The molecule has 0 aromatic carbocycles. The second-order valence-corrected chi connectivity index (χ2v) is 4.62. The highest BCUT2D eigenvalue weighted by molar-refractivity contribution is 5.87. The van der Waals surface area contributed by atoms with Crippen molar-refractivity contribution in [1.82, 2.24) is 0 Å². The first-order chi connectivity index (χ1) is 6.50. The molecule has 2 nitrogen and oxygen atoms in total. The Bertz CT molecular complexity index is 232. The highest BCUT2D eigenvalue weighted by Gasteiger charge is 2.28. The quantitative estimate of drug-likeness (QED) is 0.501. The van der Waals surface area contributed by atoms with Crippen molar-refractivity contribution in [2.24, 2.45) is 11.8 Å². The monoisotopic (exact) mass is 196 g/mol. The predicted octanol–water partition coefficient (Wildman–Crippen LogP) is 2.93. The summed E-state index contributed by atoms with van der Waals surface area (Å²) in [7, 11) is 0. The fourth-order valence-corrected chi connectivity index (χ4v) is 1.88. The molecule has 3 atom stereocenters. The minimum absolute atomic E-state index is 0.1000. The lowest BCUT2D eigenvalue weighted by molar-refractivity contribution is -0.149. The molecule has 0 bridgehead atoms. The molecule has 0 aromatic rings. The van der Waals surface area contributed by atoms with Gasteiger partial charge in [-0.25, -0.2) is 4.79 Å². The first-order valence-corrected chi connectivity index (χ1v) is 5.37. The van der Waals surface area contributed by atoms with Crippen LogP contribution >= 0.6 is 0 Å². The molecule has 0 amide bonds. The van der Waals surface area contributed by atoms with E-state index in [4.69, 9.17) is 4.74 Å². The minimum Gasteiger partial charge on any atom is -0.459 e. The zero-order chi connectivity index (χ0) is 10.7. The summed E-state index contributed by atoms with van der Waals surface area (Å²) in [4.78, 5) is 11.3. The lowest BCUT2D eigenvalue weighted by Gasteiger charge is -2.32. The molecule has 0 N–H and O–H groups in total. The van der Waals surface area contributed by atoms with Gasteiger partial charge >= 0.3 is 5.97 Å². The molecular formula is C12H20O2. The van der Waals surface area contributed by atoms with Crippen LogP contribution in [-0.2, 0) is 9.53 Å². The summed E-state index contributed by atoms with van der Waals surface area (Å²) >= 11 is 0. The molecule has 0 saturated heterocycles. The smallest absolute Gasteiger partial charge is 0.333 e. The zero-order valence-electron chi connectivity index (χ0n) is 9.38. The average molecular weight is 196 g/mol. The summed E-state index contributed by atoms with van der Waals surface area (Å²) in [6.07, 6.45) is 3.51. The third kappa shape index (κ3) is 2.86. The van der Waals surface area contributed by atoms with Crippen molar-refractivity contribution >= 4 is 5.97 Å². The van der Waals surface area contributed by atoms with E-state index in [0.29, 0.717) is 17.4 Å². The van der Waals surface area contributed by atoms with Gasteiger partial charge in [0.25, 0.3) is 0 Å².